The highest BCUT2D eigenvalue weighted by molar-refractivity contribution is 6.30. The summed E-state index contributed by atoms with van der Waals surface area (Å²) in [5.41, 5.74) is 2.66. The van der Waals surface area contributed by atoms with Gasteiger partial charge in [-0.2, -0.15) is 0 Å². The first kappa shape index (κ1) is 21.5. The zero-order valence-corrected chi connectivity index (χ0v) is 19.0. The van der Waals surface area contributed by atoms with Crippen molar-refractivity contribution in [1.29, 1.82) is 0 Å². The van der Waals surface area contributed by atoms with Crippen LogP contribution in [-0.4, -0.2) is 40.4 Å². The topological polar surface area (TPSA) is 59.4 Å². The van der Waals surface area contributed by atoms with Crippen molar-refractivity contribution in [2.75, 3.05) is 18.0 Å². The molecule has 3 aromatic rings. The number of rotatable bonds is 4. The molecule has 164 valence electrons. The molecule has 0 radical (unpaired) electrons. The first-order chi connectivity index (χ1) is 14.8. The summed E-state index contributed by atoms with van der Waals surface area (Å²) in [5.74, 6) is 0.914. The number of alkyl carbamates (subject to hydrolysis) is 1. The number of carbonyl (C=O) groups is 1. The van der Waals surface area contributed by atoms with Crippen molar-refractivity contribution in [2.24, 2.45) is 0 Å². The lowest BCUT2D eigenvalue weighted by molar-refractivity contribution is 0.0500. The molecule has 2 aromatic carbocycles. The second-order valence-corrected chi connectivity index (χ2v) is 9.48. The van der Waals surface area contributed by atoms with Crippen LogP contribution < -0.4 is 10.2 Å². The quantitative estimate of drug-likeness (QED) is 0.603. The molecular weight excluding hydrogens is 412 g/mol. The van der Waals surface area contributed by atoms with Gasteiger partial charge in [-0.1, -0.05) is 35.9 Å². The Hall–Kier alpha value is -2.73. The van der Waals surface area contributed by atoms with Crippen LogP contribution >= 0.6 is 11.6 Å². The molecule has 1 aromatic heterocycles. The van der Waals surface area contributed by atoms with Crippen molar-refractivity contribution in [3.8, 4) is 0 Å². The maximum Gasteiger partial charge on any atom is 0.407 e. The lowest BCUT2D eigenvalue weighted by Gasteiger charge is -2.34. The number of nitrogens with zero attached hydrogens (tertiary/aromatic N) is 3. The molecular formula is C24H29ClN4O2. The van der Waals surface area contributed by atoms with Gasteiger partial charge in [0.05, 0.1) is 17.6 Å². The second-order valence-electron chi connectivity index (χ2n) is 9.05. The van der Waals surface area contributed by atoms with E-state index in [4.69, 9.17) is 21.3 Å². The molecule has 31 heavy (non-hydrogen) atoms. The third kappa shape index (κ3) is 5.31. The van der Waals surface area contributed by atoms with Crippen molar-refractivity contribution in [1.82, 2.24) is 14.9 Å². The predicted molar refractivity (Wildman–Crippen MR) is 125 cm³/mol. The van der Waals surface area contributed by atoms with Crippen molar-refractivity contribution in [3.63, 3.8) is 0 Å². The van der Waals surface area contributed by atoms with Gasteiger partial charge in [0, 0.05) is 24.2 Å². The van der Waals surface area contributed by atoms with Gasteiger partial charge in [-0.3, -0.25) is 0 Å². The van der Waals surface area contributed by atoms with Crippen LogP contribution in [0, 0.1) is 0 Å². The molecule has 0 unspecified atom stereocenters. The number of halogens is 1. The molecule has 1 aliphatic rings. The smallest absolute Gasteiger partial charge is 0.407 e. The number of hydrogen-bond donors (Lipinski definition) is 1. The van der Waals surface area contributed by atoms with Crippen molar-refractivity contribution in [3.05, 3.63) is 59.1 Å². The average molecular weight is 441 g/mol. The molecule has 4 rings (SSSR count). The normalized spacial score (nSPS) is 17.0. The Balaban J connectivity index is 1.59. The number of carbonyl (C=O) groups excluding carboxylic acids is 1. The molecule has 1 N–H and O–H groups in total. The lowest BCUT2D eigenvalue weighted by Crippen LogP contribution is -2.49. The minimum atomic E-state index is -0.511. The summed E-state index contributed by atoms with van der Waals surface area (Å²) in [5, 5.41) is 3.75. The molecule has 1 amide bonds. The van der Waals surface area contributed by atoms with E-state index in [0.717, 1.165) is 47.0 Å². The summed E-state index contributed by atoms with van der Waals surface area (Å²) in [6.45, 7) is 7.88. The van der Waals surface area contributed by atoms with E-state index in [1.165, 1.54) is 0 Å². The van der Waals surface area contributed by atoms with Crippen LogP contribution in [0.5, 0.6) is 0 Å². The lowest BCUT2D eigenvalue weighted by atomic mass is 10.1. The Morgan fingerprint density at radius 3 is 2.81 bits per heavy atom. The molecule has 2 heterocycles. The summed E-state index contributed by atoms with van der Waals surface area (Å²) in [6, 6.07) is 16.1. The number of piperidine rings is 1. The Labute approximate surface area is 188 Å². The molecule has 0 bridgehead atoms. The number of benzene rings is 2. The van der Waals surface area contributed by atoms with Crippen LogP contribution in [0.2, 0.25) is 5.02 Å². The fraction of sp³-hybridized carbons (Fsp3) is 0.417. The van der Waals surface area contributed by atoms with E-state index in [0.29, 0.717) is 13.1 Å². The van der Waals surface area contributed by atoms with Crippen LogP contribution in [-0.2, 0) is 11.3 Å². The van der Waals surface area contributed by atoms with Crippen molar-refractivity contribution < 1.29 is 9.53 Å². The number of nitrogens with one attached hydrogen (secondary N) is 1. The third-order valence-corrected chi connectivity index (χ3v) is 5.52. The van der Waals surface area contributed by atoms with Crippen LogP contribution in [0.15, 0.2) is 48.5 Å². The predicted octanol–water partition coefficient (Wildman–Crippen LogP) is 5.23. The molecule has 1 aliphatic heterocycles. The highest BCUT2D eigenvalue weighted by atomic mass is 35.5. The van der Waals surface area contributed by atoms with Crippen molar-refractivity contribution in [2.45, 2.75) is 51.8 Å². The molecule has 0 aliphatic carbocycles. The van der Waals surface area contributed by atoms with Gasteiger partial charge in [0.15, 0.2) is 0 Å². The minimum Gasteiger partial charge on any atom is -0.444 e. The van der Waals surface area contributed by atoms with E-state index in [9.17, 15) is 4.79 Å². The van der Waals surface area contributed by atoms with Gasteiger partial charge in [0.1, 0.15) is 5.60 Å². The summed E-state index contributed by atoms with van der Waals surface area (Å²) in [4.78, 5) is 19.5. The SMILES string of the molecule is CC(C)(C)OC(=O)N[C@@H]1CCCN(c2nc3ccccc3n2Cc2cccc(Cl)c2)C1. The summed E-state index contributed by atoms with van der Waals surface area (Å²) in [6.07, 6.45) is 1.53. The van der Waals surface area contributed by atoms with E-state index in [1.807, 2.05) is 57.2 Å². The Bertz CT molecular complexity index is 1070. The first-order valence-electron chi connectivity index (χ1n) is 10.7. The number of ether oxygens (including phenoxy) is 1. The molecule has 1 saturated heterocycles. The van der Waals surface area contributed by atoms with Gasteiger partial charge in [0.25, 0.3) is 0 Å². The van der Waals surface area contributed by atoms with Gasteiger partial charge in [-0.15, -0.1) is 0 Å². The third-order valence-electron chi connectivity index (χ3n) is 5.29. The van der Waals surface area contributed by atoms with Crippen LogP contribution in [0.4, 0.5) is 10.7 Å². The van der Waals surface area contributed by atoms with Gasteiger partial charge >= 0.3 is 6.09 Å². The number of anilines is 1. The number of para-hydroxylation sites is 2. The molecule has 0 saturated carbocycles. The minimum absolute atomic E-state index is 0.0167. The first-order valence-corrected chi connectivity index (χ1v) is 11.1. The molecule has 0 spiro atoms. The standard InChI is InChI=1S/C24H29ClN4O2/c1-24(2,3)31-23(30)26-19-10-7-13-28(16-19)22-27-20-11-4-5-12-21(20)29(22)15-17-8-6-9-18(25)14-17/h4-6,8-9,11-12,14,19H,7,10,13,15-16H2,1-3H3,(H,26,30)/t19-/m1/s1. The maximum absolute atomic E-state index is 12.3. The molecule has 6 nitrogen and oxygen atoms in total. The monoisotopic (exact) mass is 440 g/mol. The largest absolute Gasteiger partial charge is 0.444 e. The second kappa shape index (κ2) is 8.79. The van der Waals surface area contributed by atoms with E-state index < -0.39 is 5.60 Å². The number of amides is 1. The maximum atomic E-state index is 12.3. The Kier molecular flexibility index (Phi) is 6.10. The van der Waals surface area contributed by atoms with Crippen LogP contribution in [0.1, 0.15) is 39.2 Å². The zero-order valence-electron chi connectivity index (χ0n) is 18.3. The number of imidazole rings is 1. The number of aromatic nitrogens is 2. The van der Waals surface area contributed by atoms with Gasteiger partial charge < -0.3 is 19.5 Å². The van der Waals surface area contributed by atoms with E-state index >= 15 is 0 Å². The fourth-order valence-electron chi connectivity index (χ4n) is 4.03. The van der Waals surface area contributed by atoms with Crippen LogP contribution in [0.25, 0.3) is 11.0 Å². The zero-order chi connectivity index (χ0) is 22.0. The highest BCUT2D eigenvalue weighted by Crippen LogP contribution is 2.27. The Morgan fingerprint density at radius 1 is 1.23 bits per heavy atom. The Morgan fingerprint density at radius 2 is 2.03 bits per heavy atom. The average Bonchev–Trinajstić information content (AvgIpc) is 3.05. The summed E-state index contributed by atoms with van der Waals surface area (Å²) < 4.78 is 7.67. The molecule has 7 heteroatoms. The van der Waals surface area contributed by atoms with Crippen LogP contribution in [0.3, 0.4) is 0 Å². The molecule has 1 fully saturated rings. The molecule has 1 atom stereocenters. The van der Waals surface area contributed by atoms with Crippen molar-refractivity contribution >= 4 is 34.7 Å². The van der Waals surface area contributed by atoms with Gasteiger partial charge in [-0.05, 0) is 63.4 Å². The van der Waals surface area contributed by atoms with E-state index in [1.54, 1.807) is 0 Å². The van der Waals surface area contributed by atoms with E-state index in [2.05, 4.69) is 26.9 Å². The summed E-state index contributed by atoms with van der Waals surface area (Å²) >= 11 is 6.22. The van der Waals surface area contributed by atoms with Gasteiger partial charge in [0.2, 0.25) is 5.95 Å². The fourth-order valence-corrected chi connectivity index (χ4v) is 4.24. The number of hydrogen-bond acceptors (Lipinski definition) is 4. The number of fused-ring (bicyclic) bond motifs is 1. The van der Waals surface area contributed by atoms with E-state index in [-0.39, 0.29) is 12.1 Å². The summed E-state index contributed by atoms with van der Waals surface area (Å²) in [7, 11) is 0. The van der Waals surface area contributed by atoms with Gasteiger partial charge in [-0.25, -0.2) is 9.78 Å². The highest BCUT2D eigenvalue weighted by Gasteiger charge is 2.27.